The largest absolute Gasteiger partial charge is 0.503 e. The molecule has 4 N–H and O–H groups in total. The first-order valence-corrected chi connectivity index (χ1v) is 9.52. The number of benzene rings is 1. The highest BCUT2D eigenvalue weighted by Crippen LogP contribution is 2.41. The number of aromatic hydroxyl groups is 1. The Morgan fingerprint density at radius 2 is 2.11 bits per heavy atom. The summed E-state index contributed by atoms with van der Waals surface area (Å²) in [5.74, 6) is -3.32. The molecule has 3 heterocycles. The number of aliphatic carboxylic acids is 1. The van der Waals surface area contributed by atoms with Crippen molar-refractivity contribution in [2.75, 3.05) is 17.2 Å². The van der Waals surface area contributed by atoms with E-state index in [0.717, 1.165) is 11.0 Å². The molecule has 2 amide bonds. The lowest BCUT2D eigenvalue weighted by atomic mass is 10.0. The average molecular weight is 405 g/mol. The first-order chi connectivity index (χ1) is 13.3. The van der Waals surface area contributed by atoms with E-state index in [2.05, 4.69) is 0 Å². The number of amides is 2. The Bertz CT molecular complexity index is 976. The first kappa shape index (κ1) is 18.5. The van der Waals surface area contributed by atoms with Gasteiger partial charge in [0.25, 0.3) is 5.91 Å². The summed E-state index contributed by atoms with van der Waals surface area (Å²) in [6, 6.07) is 3.18. The van der Waals surface area contributed by atoms with Crippen molar-refractivity contribution in [3.8, 4) is 5.75 Å². The molecule has 3 aliphatic heterocycles. The summed E-state index contributed by atoms with van der Waals surface area (Å²) in [4.78, 5) is 38.9. The van der Waals surface area contributed by atoms with Crippen LogP contribution in [0.4, 0.5) is 10.1 Å². The van der Waals surface area contributed by atoms with E-state index in [1.54, 1.807) is 0 Å². The van der Waals surface area contributed by atoms with Gasteiger partial charge in [-0.05, 0) is 30.2 Å². The maximum absolute atomic E-state index is 13.6. The Kier molecular flexibility index (Phi) is 4.39. The van der Waals surface area contributed by atoms with Crippen LogP contribution in [0.15, 0.2) is 41.1 Å². The zero-order chi connectivity index (χ0) is 20.2. The number of para-hydroxylation sites is 1. The molecule has 10 heteroatoms. The molecule has 0 radical (unpaired) electrons. The Morgan fingerprint density at radius 1 is 1.36 bits per heavy atom. The number of nitrogens with two attached hydrogens (primary N) is 1. The minimum absolute atomic E-state index is 0.0582. The number of hydrogen-bond donors (Lipinski definition) is 3. The fourth-order valence-corrected chi connectivity index (χ4v) is 4.81. The van der Waals surface area contributed by atoms with Crippen LogP contribution in [-0.2, 0) is 14.4 Å². The van der Waals surface area contributed by atoms with Crippen molar-refractivity contribution in [1.29, 1.82) is 0 Å². The number of thioether (sulfide) groups is 1. The molecule has 0 bridgehead atoms. The number of anilines is 1. The van der Waals surface area contributed by atoms with Crippen LogP contribution in [0.25, 0.3) is 0 Å². The van der Waals surface area contributed by atoms with E-state index in [0.29, 0.717) is 23.3 Å². The number of carbonyl (C=O) groups excluding carboxylic acids is 2. The molecule has 0 aromatic heterocycles. The van der Waals surface area contributed by atoms with Crippen LogP contribution in [0, 0.1) is 5.82 Å². The highest BCUT2D eigenvalue weighted by atomic mass is 32.2. The number of phenols is 1. The number of allylic oxidation sites excluding steroid dienone is 1. The smallest absolute Gasteiger partial charge is 0.352 e. The van der Waals surface area contributed by atoms with Crippen LogP contribution in [0.3, 0.4) is 0 Å². The number of fused-ring (bicyclic) bond motifs is 1. The number of hydrogen-bond acceptors (Lipinski definition) is 6. The monoisotopic (exact) mass is 405 g/mol. The second kappa shape index (κ2) is 6.64. The second-order valence-electron chi connectivity index (χ2n) is 6.60. The summed E-state index contributed by atoms with van der Waals surface area (Å²) >= 11 is 1.34. The molecule has 4 rings (SSSR count). The fourth-order valence-electron chi connectivity index (χ4n) is 3.56. The molecule has 3 aliphatic rings. The van der Waals surface area contributed by atoms with Gasteiger partial charge in [0.05, 0.1) is 5.69 Å². The maximum atomic E-state index is 13.6. The maximum Gasteiger partial charge on any atom is 0.352 e. The van der Waals surface area contributed by atoms with Crippen molar-refractivity contribution < 1.29 is 29.0 Å². The van der Waals surface area contributed by atoms with E-state index in [4.69, 9.17) is 5.73 Å². The Labute approximate surface area is 163 Å². The number of halogens is 1. The molecule has 2 fully saturated rings. The minimum atomic E-state index is -1.26. The first-order valence-electron chi connectivity index (χ1n) is 8.48. The quantitative estimate of drug-likeness (QED) is 0.501. The Balaban J connectivity index is 1.67. The van der Waals surface area contributed by atoms with Gasteiger partial charge in [-0.1, -0.05) is 6.07 Å². The van der Waals surface area contributed by atoms with Crippen LogP contribution < -0.4 is 10.6 Å². The lowest BCUT2D eigenvalue weighted by molar-refractivity contribution is -0.147. The molecule has 146 valence electrons. The molecule has 1 aromatic carbocycles. The molecule has 0 spiro atoms. The summed E-state index contributed by atoms with van der Waals surface area (Å²) in [5.41, 5.74) is 6.29. The summed E-state index contributed by atoms with van der Waals surface area (Å²) in [6.07, 6.45) is 1.77. The number of nitrogens with zero attached hydrogens (tertiary/aromatic N) is 2. The summed E-state index contributed by atoms with van der Waals surface area (Å²) in [7, 11) is 0. The molecular formula is C18H16FN3O5S. The van der Waals surface area contributed by atoms with E-state index in [9.17, 15) is 29.0 Å². The third-order valence-corrected chi connectivity index (χ3v) is 6.29. The third-order valence-electron chi connectivity index (χ3n) is 4.97. The van der Waals surface area contributed by atoms with Crippen LogP contribution >= 0.6 is 11.8 Å². The SMILES string of the molecule is N[C@@H]1C(=O)N2C(C(=O)O)=C(/C=C3\CCN(c4cccc(F)c4O)C3=O)CS[C@H]12. The van der Waals surface area contributed by atoms with Gasteiger partial charge < -0.3 is 20.8 Å². The Morgan fingerprint density at radius 3 is 2.82 bits per heavy atom. The third kappa shape index (κ3) is 2.68. The van der Waals surface area contributed by atoms with Crippen molar-refractivity contribution in [2.45, 2.75) is 17.8 Å². The fraction of sp³-hybridized carbons (Fsp3) is 0.278. The highest BCUT2D eigenvalue weighted by Gasteiger charge is 2.51. The summed E-state index contributed by atoms with van der Waals surface area (Å²) in [5, 5.41) is 19.0. The predicted molar refractivity (Wildman–Crippen MR) is 98.8 cm³/mol. The normalized spacial score (nSPS) is 26.0. The van der Waals surface area contributed by atoms with Gasteiger partial charge in [-0.15, -0.1) is 11.8 Å². The van der Waals surface area contributed by atoms with Crippen LogP contribution in [0.5, 0.6) is 5.75 Å². The van der Waals surface area contributed by atoms with Crippen molar-refractivity contribution in [3.63, 3.8) is 0 Å². The number of β-lactam (4-membered cyclic amide) rings is 1. The average Bonchev–Trinajstić information content (AvgIpc) is 3.03. The number of carboxylic acid groups (broad SMARTS) is 1. The lowest BCUT2D eigenvalue weighted by Crippen LogP contribution is -2.68. The predicted octanol–water partition coefficient (Wildman–Crippen LogP) is 0.776. The van der Waals surface area contributed by atoms with Gasteiger partial charge >= 0.3 is 5.97 Å². The van der Waals surface area contributed by atoms with Crippen molar-refractivity contribution >= 4 is 35.2 Å². The molecule has 2 saturated heterocycles. The van der Waals surface area contributed by atoms with Gasteiger partial charge in [-0.2, -0.15) is 0 Å². The van der Waals surface area contributed by atoms with Crippen LogP contribution in [0.2, 0.25) is 0 Å². The summed E-state index contributed by atoms with van der Waals surface area (Å²) < 4.78 is 13.6. The molecule has 0 aliphatic carbocycles. The zero-order valence-electron chi connectivity index (χ0n) is 14.5. The zero-order valence-corrected chi connectivity index (χ0v) is 15.3. The van der Waals surface area contributed by atoms with Crippen LogP contribution in [0.1, 0.15) is 6.42 Å². The number of phenolic OH excluding ortho intramolecular Hbond substituents is 1. The standard InChI is InChI=1S/C18H16FN3O5S/c19-10-2-1-3-11(14(10)23)21-5-4-8(15(21)24)6-9-7-28-17-12(20)16(25)22(17)13(9)18(26)27/h1-3,6,12,17,23H,4-5,7,20H2,(H,26,27)/b8-6+/t12-,17-/m1/s1. The van der Waals surface area contributed by atoms with Crippen molar-refractivity contribution in [1.82, 2.24) is 4.90 Å². The molecule has 28 heavy (non-hydrogen) atoms. The minimum Gasteiger partial charge on any atom is -0.503 e. The highest BCUT2D eigenvalue weighted by molar-refractivity contribution is 8.00. The molecular weight excluding hydrogens is 389 g/mol. The molecule has 2 atom stereocenters. The van der Waals surface area contributed by atoms with Gasteiger partial charge in [-0.25, -0.2) is 9.18 Å². The van der Waals surface area contributed by atoms with E-state index in [1.165, 1.54) is 34.9 Å². The van der Waals surface area contributed by atoms with E-state index >= 15 is 0 Å². The van der Waals surface area contributed by atoms with Gasteiger partial charge in [0.1, 0.15) is 17.1 Å². The van der Waals surface area contributed by atoms with Gasteiger partial charge in [0.2, 0.25) is 5.91 Å². The van der Waals surface area contributed by atoms with Crippen molar-refractivity contribution in [2.24, 2.45) is 5.73 Å². The number of carboxylic acids is 1. The molecule has 8 nitrogen and oxygen atoms in total. The van der Waals surface area contributed by atoms with Gasteiger partial charge in [0.15, 0.2) is 11.6 Å². The van der Waals surface area contributed by atoms with E-state index in [-0.39, 0.29) is 17.9 Å². The lowest BCUT2D eigenvalue weighted by Gasteiger charge is -2.47. The topological polar surface area (TPSA) is 124 Å². The van der Waals surface area contributed by atoms with E-state index in [1.807, 2.05) is 0 Å². The Hall–Kier alpha value is -2.85. The molecule has 1 aromatic rings. The second-order valence-corrected chi connectivity index (χ2v) is 7.70. The molecule has 0 unspecified atom stereocenters. The number of carbonyl (C=O) groups is 3. The summed E-state index contributed by atoms with van der Waals surface area (Å²) in [6.45, 7) is 0.223. The van der Waals surface area contributed by atoms with Crippen molar-refractivity contribution in [3.05, 3.63) is 46.9 Å². The van der Waals surface area contributed by atoms with Gasteiger partial charge in [0, 0.05) is 17.9 Å². The van der Waals surface area contributed by atoms with Crippen LogP contribution in [-0.4, -0.2) is 56.6 Å². The van der Waals surface area contributed by atoms with E-state index < -0.39 is 40.8 Å². The number of rotatable bonds is 3. The van der Waals surface area contributed by atoms with Gasteiger partial charge in [-0.3, -0.25) is 14.5 Å². The molecule has 0 saturated carbocycles.